The normalized spacial score (nSPS) is 10.9. The molecule has 0 saturated heterocycles. The molecule has 2 heterocycles. The van der Waals surface area contributed by atoms with Crippen LogP contribution in [0.2, 0.25) is 5.02 Å². The third kappa shape index (κ3) is 4.71. The van der Waals surface area contributed by atoms with Gasteiger partial charge in [-0.2, -0.15) is 5.10 Å². The number of halogens is 1. The lowest BCUT2D eigenvalue weighted by molar-refractivity contribution is 0.101. The van der Waals surface area contributed by atoms with Crippen LogP contribution in [0.15, 0.2) is 66.3 Å². The maximum Gasteiger partial charge on any atom is 0.259 e. The number of carbonyl (C=O) groups is 2. The molecule has 162 valence electrons. The number of nitrogens with one attached hydrogen (secondary N) is 2. The molecule has 0 radical (unpaired) electrons. The van der Waals surface area contributed by atoms with Crippen LogP contribution in [0, 0.1) is 0 Å². The predicted octanol–water partition coefficient (Wildman–Crippen LogP) is 5.61. The third-order valence-corrected chi connectivity index (χ3v) is 5.63. The average Bonchev–Trinajstić information content (AvgIpc) is 3.44. The van der Waals surface area contributed by atoms with Gasteiger partial charge in [0.05, 0.1) is 23.1 Å². The summed E-state index contributed by atoms with van der Waals surface area (Å²) < 4.78 is 1.73. The van der Waals surface area contributed by atoms with Crippen molar-refractivity contribution in [3.63, 3.8) is 0 Å². The number of thiazole rings is 1. The van der Waals surface area contributed by atoms with Crippen LogP contribution in [-0.4, -0.2) is 26.6 Å². The molecule has 2 N–H and O–H groups in total. The summed E-state index contributed by atoms with van der Waals surface area (Å²) in [6.45, 7) is 4.01. The van der Waals surface area contributed by atoms with Crippen LogP contribution in [0.5, 0.6) is 0 Å². The first-order valence-electron chi connectivity index (χ1n) is 9.88. The number of hydrogen-bond donors (Lipinski definition) is 2. The van der Waals surface area contributed by atoms with Crippen LogP contribution in [0.4, 0.5) is 10.8 Å². The highest BCUT2D eigenvalue weighted by atomic mass is 35.5. The zero-order chi connectivity index (χ0) is 22.7. The molecule has 0 fully saturated rings. The minimum atomic E-state index is -0.276. The van der Waals surface area contributed by atoms with Crippen LogP contribution >= 0.6 is 22.9 Å². The molecular formula is C23H20ClN5O2S. The van der Waals surface area contributed by atoms with Crippen molar-refractivity contribution in [3.8, 4) is 5.69 Å². The second kappa shape index (κ2) is 9.33. The molecule has 32 heavy (non-hydrogen) atoms. The Balaban J connectivity index is 1.52. The van der Waals surface area contributed by atoms with Gasteiger partial charge in [-0.3, -0.25) is 14.9 Å². The van der Waals surface area contributed by atoms with E-state index in [1.807, 2.05) is 26.0 Å². The Hall–Kier alpha value is -3.49. The van der Waals surface area contributed by atoms with E-state index in [2.05, 4.69) is 20.7 Å². The van der Waals surface area contributed by atoms with Crippen molar-refractivity contribution in [2.75, 3.05) is 10.6 Å². The molecule has 0 aliphatic rings. The molecule has 0 aliphatic carbocycles. The Morgan fingerprint density at radius 2 is 1.84 bits per heavy atom. The van der Waals surface area contributed by atoms with Crippen molar-refractivity contribution < 1.29 is 9.59 Å². The fourth-order valence-electron chi connectivity index (χ4n) is 3.26. The van der Waals surface area contributed by atoms with E-state index in [1.54, 1.807) is 58.9 Å². The van der Waals surface area contributed by atoms with Gasteiger partial charge in [-0.15, -0.1) is 11.3 Å². The summed E-state index contributed by atoms with van der Waals surface area (Å²) in [5, 5.41) is 12.9. The van der Waals surface area contributed by atoms with E-state index in [0.29, 0.717) is 27.0 Å². The topological polar surface area (TPSA) is 88.9 Å². The number of aromatic nitrogens is 3. The lowest BCUT2D eigenvalue weighted by atomic mass is 10.0. The molecule has 9 heteroatoms. The van der Waals surface area contributed by atoms with E-state index in [1.165, 1.54) is 11.3 Å². The largest absolute Gasteiger partial charge is 0.322 e. The summed E-state index contributed by atoms with van der Waals surface area (Å²) in [6, 6.07) is 14.0. The number of carbonyl (C=O) groups excluding carboxylic acids is 2. The third-order valence-electron chi connectivity index (χ3n) is 4.71. The summed E-state index contributed by atoms with van der Waals surface area (Å²) in [4.78, 5) is 29.3. The minimum Gasteiger partial charge on any atom is -0.322 e. The molecule has 0 saturated carbocycles. The molecule has 0 unspecified atom stereocenters. The van der Waals surface area contributed by atoms with Crippen molar-refractivity contribution in [2.45, 2.75) is 19.8 Å². The van der Waals surface area contributed by atoms with E-state index in [-0.39, 0.29) is 17.7 Å². The van der Waals surface area contributed by atoms with Gasteiger partial charge in [0.25, 0.3) is 11.8 Å². The maximum absolute atomic E-state index is 13.0. The first-order valence-corrected chi connectivity index (χ1v) is 11.1. The van der Waals surface area contributed by atoms with Crippen LogP contribution in [0.1, 0.15) is 46.2 Å². The van der Waals surface area contributed by atoms with Gasteiger partial charge in [-0.1, -0.05) is 31.5 Å². The molecule has 4 rings (SSSR count). The van der Waals surface area contributed by atoms with Gasteiger partial charge < -0.3 is 5.32 Å². The highest BCUT2D eigenvalue weighted by Crippen LogP contribution is 2.25. The van der Waals surface area contributed by atoms with Gasteiger partial charge >= 0.3 is 0 Å². The summed E-state index contributed by atoms with van der Waals surface area (Å²) >= 11 is 7.47. The van der Waals surface area contributed by atoms with E-state index >= 15 is 0 Å². The average molecular weight is 466 g/mol. The van der Waals surface area contributed by atoms with Crippen LogP contribution in [-0.2, 0) is 0 Å². The van der Waals surface area contributed by atoms with E-state index < -0.39 is 0 Å². The van der Waals surface area contributed by atoms with Crippen molar-refractivity contribution in [1.82, 2.24) is 14.8 Å². The van der Waals surface area contributed by atoms with Gasteiger partial charge in [-0.25, -0.2) is 9.67 Å². The van der Waals surface area contributed by atoms with Gasteiger partial charge in [-0.05, 0) is 48.4 Å². The number of anilines is 2. The molecule has 0 aliphatic heterocycles. The van der Waals surface area contributed by atoms with E-state index in [9.17, 15) is 9.59 Å². The Morgan fingerprint density at radius 3 is 2.50 bits per heavy atom. The minimum absolute atomic E-state index is 0.0502. The van der Waals surface area contributed by atoms with E-state index in [0.717, 1.165) is 11.4 Å². The molecule has 0 bridgehead atoms. The number of rotatable bonds is 6. The zero-order valence-electron chi connectivity index (χ0n) is 17.4. The molecule has 2 amide bonds. The van der Waals surface area contributed by atoms with Crippen LogP contribution in [0.3, 0.4) is 0 Å². The Morgan fingerprint density at radius 1 is 1.06 bits per heavy atom. The first-order chi connectivity index (χ1) is 15.4. The number of amides is 2. The molecule has 0 atom stereocenters. The smallest absolute Gasteiger partial charge is 0.259 e. The Labute approximate surface area is 194 Å². The molecule has 2 aromatic heterocycles. The van der Waals surface area contributed by atoms with Gasteiger partial charge in [0.15, 0.2) is 5.13 Å². The summed E-state index contributed by atoms with van der Waals surface area (Å²) in [7, 11) is 0. The van der Waals surface area contributed by atoms with Crippen LogP contribution < -0.4 is 10.6 Å². The van der Waals surface area contributed by atoms with Crippen LogP contribution in [0.25, 0.3) is 5.69 Å². The molecule has 4 aromatic rings. The molecule has 2 aromatic carbocycles. The summed E-state index contributed by atoms with van der Waals surface area (Å²) in [5.41, 5.74) is 3.09. The second-order valence-corrected chi connectivity index (χ2v) is 8.64. The highest BCUT2D eigenvalue weighted by molar-refractivity contribution is 7.13. The van der Waals surface area contributed by atoms with Crippen molar-refractivity contribution in [2.24, 2.45) is 0 Å². The maximum atomic E-state index is 13.0. The first kappa shape index (κ1) is 21.7. The number of benzene rings is 2. The Bertz CT molecular complexity index is 1250. The lowest BCUT2D eigenvalue weighted by Gasteiger charge is -2.13. The molecule has 0 spiro atoms. The quantitative estimate of drug-likeness (QED) is 0.387. The number of hydrogen-bond acceptors (Lipinski definition) is 5. The predicted molar refractivity (Wildman–Crippen MR) is 127 cm³/mol. The molecular weight excluding hydrogens is 446 g/mol. The van der Waals surface area contributed by atoms with Gasteiger partial charge in [0.2, 0.25) is 0 Å². The lowest BCUT2D eigenvalue weighted by Crippen LogP contribution is -2.16. The second-order valence-electron chi connectivity index (χ2n) is 7.31. The summed E-state index contributed by atoms with van der Waals surface area (Å²) in [5.74, 6) is -0.487. The monoisotopic (exact) mass is 465 g/mol. The fraction of sp³-hybridized carbons (Fsp3) is 0.130. The van der Waals surface area contributed by atoms with Crippen molar-refractivity contribution in [3.05, 3.63) is 88.1 Å². The zero-order valence-corrected chi connectivity index (χ0v) is 18.9. The standard InChI is InChI=1S/C23H20ClN5O2S/c1-14(2)20-19(13-26-29(20)18-5-3-4-16(24)12-18)22(31)27-17-8-6-15(7-9-17)21(30)28-23-25-10-11-32-23/h3-14H,1-2H3,(H,27,31)(H,25,28,30). The molecule has 7 nitrogen and oxygen atoms in total. The SMILES string of the molecule is CC(C)c1c(C(=O)Nc2ccc(C(=O)Nc3nccs3)cc2)cnn1-c1cccc(Cl)c1. The van der Waals surface area contributed by atoms with Crippen molar-refractivity contribution in [1.29, 1.82) is 0 Å². The fourth-order valence-corrected chi connectivity index (χ4v) is 3.97. The van der Waals surface area contributed by atoms with Gasteiger partial charge in [0, 0.05) is 27.9 Å². The van der Waals surface area contributed by atoms with Gasteiger partial charge in [0.1, 0.15) is 0 Å². The van der Waals surface area contributed by atoms with E-state index in [4.69, 9.17) is 11.6 Å². The summed E-state index contributed by atoms with van der Waals surface area (Å²) in [6.07, 6.45) is 3.18. The number of nitrogens with zero attached hydrogens (tertiary/aromatic N) is 3. The van der Waals surface area contributed by atoms with Crippen molar-refractivity contribution >= 4 is 45.6 Å². The Kier molecular flexibility index (Phi) is 6.34. The highest BCUT2D eigenvalue weighted by Gasteiger charge is 2.21.